The maximum atomic E-state index is 10.8. The number of hydrogen-bond donors (Lipinski definition) is 3. The summed E-state index contributed by atoms with van der Waals surface area (Å²) in [6.45, 7) is 0. The van der Waals surface area contributed by atoms with Crippen LogP contribution in [0.15, 0.2) is 12.1 Å². The quantitative estimate of drug-likeness (QED) is 0.397. The average Bonchev–Trinajstić information content (AvgIpc) is 2.42. The van der Waals surface area contributed by atoms with Crippen LogP contribution in [-0.4, -0.2) is 38.6 Å². The maximum absolute atomic E-state index is 10.8. The van der Waals surface area contributed by atoms with E-state index in [-0.39, 0.29) is 0 Å². The van der Waals surface area contributed by atoms with E-state index in [1.807, 2.05) is 0 Å². The molecular weight excluding hydrogens is 274 g/mol. The third-order valence-corrected chi connectivity index (χ3v) is 2.50. The van der Waals surface area contributed by atoms with Gasteiger partial charge in [-0.1, -0.05) is 0 Å². The Balaban J connectivity index is 3.12. The third-order valence-electron chi connectivity index (χ3n) is 2.29. The molecule has 0 bridgehead atoms. The maximum Gasteiger partial charge on any atom is 0.355 e. The number of carboxylic acids is 1. The van der Waals surface area contributed by atoms with Gasteiger partial charge in [-0.05, 0) is 12.9 Å². The van der Waals surface area contributed by atoms with Gasteiger partial charge >= 0.3 is 5.97 Å². The minimum absolute atomic E-state index is 0.396. The van der Waals surface area contributed by atoms with Crippen LogP contribution in [0, 0.1) is 0 Å². The Hall–Kier alpha value is -1.80. The molecule has 19 heavy (non-hydrogen) atoms. The highest BCUT2D eigenvalue weighted by atomic mass is 32.1. The summed E-state index contributed by atoms with van der Waals surface area (Å²) in [4.78, 5) is 10.8. The number of carboxylic acid groups (broad SMARTS) is 1. The monoisotopic (exact) mass is 289 g/mol. The number of nitrogens with one attached hydrogen (secondary N) is 1. The van der Waals surface area contributed by atoms with Crippen molar-refractivity contribution in [1.29, 1.82) is 0 Å². The number of hydrogen-bond acceptors (Lipinski definition) is 7. The Morgan fingerprint density at radius 2 is 1.74 bits per heavy atom. The Bertz CT molecular complexity index is 428. The first-order valence-electron chi connectivity index (χ1n) is 5.17. The highest BCUT2D eigenvalue weighted by molar-refractivity contribution is 7.75. The summed E-state index contributed by atoms with van der Waals surface area (Å²) in [6, 6.07) is 3.12. The van der Waals surface area contributed by atoms with Crippen LogP contribution in [0.1, 0.15) is 0 Å². The predicted molar refractivity (Wildman–Crippen MR) is 71.2 cm³/mol. The van der Waals surface area contributed by atoms with E-state index in [9.17, 15) is 4.79 Å². The normalized spacial score (nSPS) is 11.6. The average molecular weight is 289 g/mol. The molecule has 0 aliphatic rings. The summed E-state index contributed by atoms with van der Waals surface area (Å²) in [5.74, 6) is -0.00160. The SMILES string of the molecule is COc1cc(NC(OS)C(=O)O)cc(OC)c1OC. The molecule has 0 saturated carbocycles. The molecule has 1 unspecified atom stereocenters. The van der Waals surface area contributed by atoms with Crippen molar-refractivity contribution in [1.82, 2.24) is 0 Å². The lowest BCUT2D eigenvalue weighted by atomic mass is 10.2. The molecule has 0 spiro atoms. The molecule has 2 N–H and O–H groups in total. The lowest BCUT2D eigenvalue weighted by Crippen LogP contribution is -2.29. The van der Waals surface area contributed by atoms with Crippen LogP contribution in [0.4, 0.5) is 5.69 Å². The Morgan fingerprint density at radius 3 is 2.05 bits per heavy atom. The van der Waals surface area contributed by atoms with Gasteiger partial charge in [-0.15, -0.1) is 0 Å². The van der Waals surface area contributed by atoms with Gasteiger partial charge in [0.15, 0.2) is 11.5 Å². The van der Waals surface area contributed by atoms with E-state index in [4.69, 9.17) is 19.3 Å². The second kappa shape index (κ2) is 6.95. The van der Waals surface area contributed by atoms with E-state index >= 15 is 0 Å². The number of ether oxygens (including phenoxy) is 3. The van der Waals surface area contributed by atoms with Gasteiger partial charge in [0, 0.05) is 17.8 Å². The molecule has 106 valence electrons. The van der Waals surface area contributed by atoms with Crippen LogP contribution < -0.4 is 19.5 Å². The summed E-state index contributed by atoms with van der Waals surface area (Å²) < 4.78 is 19.9. The summed E-state index contributed by atoms with van der Waals surface area (Å²) >= 11 is 3.49. The first-order valence-corrected chi connectivity index (χ1v) is 5.53. The number of benzene rings is 1. The molecule has 0 aromatic heterocycles. The number of anilines is 1. The van der Waals surface area contributed by atoms with Crippen LogP contribution in [0.5, 0.6) is 17.2 Å². The number of rotatable bonds is 7. The highest BCUT2D eigenvalue weighted by Gasteiger charge is 2.19. The summed E-state index contributed by atoms with van der Waals surface area (Å²) in [5, 5.41) is 11.5. The Labute approximate surface area is 116 Å². The van der Waals surface area contributed by atoms with Crippen molar-refractivity contribution in [3.63, 3.8) is 0 Å². The van der Waals surface area contributed by atoms with E-state index in [0.717, 1.165) is 0 Å². The molecular formula is C11H15NO6S. The van der Waals surface area contributed by atoms with Crippen LogP contribution in [0.25, 0.3) is 0 Å². The van der Waals surface area contributed by atoms with Crippen LogP contribution in [-0.2, 0) is 8.98 Å². The van der Waals surface area contributed by atoms with Crippen molar-refractivity contribution < 1.29 is 28.3 Å². The molecule has 1 aromatic carbocycles. The second-order valence-electron chi connectivity index (χ2n) is 3.38. The fourth-order valence-electron chi connectivity index (χ4n) is 1.45. The van der Waals surface area contributed by atoms with Crippen LogP contribution in [0.2, 0.25) is 0 Å². The Kier molecular flexibility index (Phi) is 5.58. The van der Waals surface area contributed by atoms with Crippen molar-refractivity contribution >= 4 is 24.6 Å². The fraction of sp³-hybridized carbons (Fsp3) is 0.364. The lowest BCUT2D eigenvalue weighted by molar-refractivity contribution is -0.143. The van der Waals surface area contributed by atoms with Crippen molar-refractivity contribution in [2.75, 3.05) is 26.6 Å². The zero-order valence-corrected chi connectivity index (χ0v) is 11.6. The minimum Gasteiger partial charge on any atom is -0.493 e. The largest absolute Gasteiger partial charge is 0.493 e. The molecule has 1 aromatic rings. The zero-order valence-electron chi connectivity index (χ0n) is 10.7. The Morgan fingerprint density at radius 1 is 1.21 bits per heavy atom. The van der Waals surface area contributed by atoms with Gasteiger partial charge in [0.1, 0.15) is 0 Å². The van der Waals surface area contributed by atoms with Gasteiger partial charge in [0.2, 0.25) is 12.0 Å². The lowest BCUT2D eigenvalue weighted by Gasteiger charge is -2.17. The van der Waals surface area contributed by atoms with E-state index in [1.54, 1.807) is 12.1 Å². The van der Waals surface area contributed by atoms with Gasteiger partial charge < -0.3 is 24.6 Å². The molecule has 0 saturated heterocycles. The van der Waals surface area contributed by atoms with E-state index < -0.39 is 12.2 Å². The van der Waals surface area contributed by atoms with Crippen molar-refractivity contribution in [3.8, 4) is 17.2 Å². The van der Waals surface area contributed by atoms with Crippen molar-refractivity contribution in [2.24, 2.45) is 0 Å². The van der Waals surface area contributed by atoms with E-state index in [1.165, 1.54) is 21.3 Å². The molecule has 7 nitrogen and oxygen atoms in total. The number of methoxy groups -OCH3 is 3. The molecule has 0 aliphatic heterocycles. The number of thiol groups is 1. The van der Waals surface area contributed by atoms with Gasteiger partial charge in [-0.2, -0.15) is 0 Å². The summed E-state index contributed by atoms with van der Waals surface area (Å²) in [6.07, 6.45) is -1.30. The first kappa shape index (κ1) is 15.3. The number of aliphatic carboxylic acids is 1. The first-order chi connectivity index (χ1) is 9.07. The van der Waals surface area contributed by atoms with Gasteiger partial charge in [0.05, 0.1) is 21.3 Å². The zero-order chi connectivity index (χ0) is 14.4. The minimum atomic E-state index is -1.30. The van der Waals surface area contributed by atoms with Crippen LogP contribution >= 0.6 is 12.9 Å². The summed E-state index contributed by atoms with van der Waals surface area (Å²) in [7, 11) is 4.40. The molecule has 8 heteroatoms. The number of carbonyl (C=O) groups is 1. The smallest absolute Gasteiger partial charge is 0.355 e. The highest BCUT2D eigenvalue weighted by Crippen LogP contribution is 2.40. The fourth-order valence-corrected chi connectivity index (χ4v) is 1.59. The molecule has 0 heterocycles. The molecule has 0 aliphatic carbocycles. The summed E-state index contributed by atoms with van der Waals surface area (Å²) in [5.41, 5.74) is 0.427. The topological polar surface area (TPSA) is 86.3 Å². The van der Waals surface area contributed by atoms with Gasteiger partial charge in [-0.25, -0.2) is 4.79 Å². The van der Waals surface area contributed by atoms with Crippen molar-refractivity contribution in [2.45, 2.75) is 6.23 Å². The second-order valence-corrected chi connectivity index (χ2v) is 3.59. The van der Waals surface area contributed by atoms with Crippen LogP contribution in [0.3, 0.4) is 0 Å². The molecule has 0 radical (unpaired) electrons. The standard InChI is InChI=1S/C11H15NO6S/c1-15-7-4-6(12-10(18-19)11(13)14)5-8(16-2)9(7)17-3/h4-5,10,12,19H,1-3H3,(H,13,14). The van der Waals surface area contributed by atoms with Gasteiger partial charge in [-0.3, -0.25) is 4.18 Å². The molecule has 0 fully saturated rings. The predicted octanol–water partition coefficient (Wildman–Crippen LogP) is 1.40. The molecule has 1 rings (SSSR count). The van der Waals surface area contributed by atoms with Crippen molar-refractivity contribution in [3.05, 3.63) is 12.1 Å². The van der Waals surface area contributed by atoms with E-state index in [2.05, 4.69) is 22.4 Å². The van der Waals surface area contributed by atoms with E-state index in [0.29, 0.717) is 22.9 Å². The third kappa shape index (κ3) is 3.58. The van der Waals surface area contributed by atoms with Gasteiger partial charge in [0.25, 0.3) is 0 Å². The molecule has 0 amide bonds. The molecule has 1 atom stereocenters.